The largest absolute Gasteiger partial charge is 0.480 e. The van der Waals surface area contributed by atoms with E-state index in [1.54, 1.807) is 6.92 Å². The summed E-state index contributed by atoms with van der Waals surface area (Å²) in [7, 11) is 0. The van der Waals surface area contributed by atoms with Crippen molar-refractivity contribution in [2.45, 2.75) is 20.8 Å². The number of carbonyl (C=O) groups excluding carboxylic acids is 1. The first-order chi connectivity index (χ1) is 7.54. The van der Waals surface area contributed by atoms with Crippen LogP contribution in [0.2, 0.25) is 0 Å². The van der Waals surface area contributed by atoms with Crippen molar-refractivity contribution in [3.63, 3.8) is 0 Å². The van der Waals surface area contributed by atoms with Crippen LogP contribution in [-0.2, 0) is 23.8 Å². The molecule has 6 heteroatoms. The lowest BCUT2D eigenvalue weighted by atomic mass is 10.7. The van der Waals surface area contributed by atoms with Crippen LogP contribution in [0.4, 0.5) is 0 Å². The molecular weight excluding hydrogens is 216 g/mol. The maximum atomic E-state index is 10.1. The van der Waals surface area contributed by atoms with Crippen LogP contribution in [0.5, 0.6) is 0 Å². The summed E-state index contributed by atoms with van der Waals surface area (Å²) in [5.74, 6) is -1.17. The maximum absolute atomic E-state index is 10.1. The van der Waals surface area contributed by atoms with Crippen molar-refractivity contribution in [1.82, 2.24) is 0 Å². The molecule has 0 rings (SSSR count). The monoisotopic (exact) mass is 236 g/mol. The Kier molecular flexibility index (Phi) is 15.0. The molecule has 1 N–H and O–H groups in total. The number of carbonyl (C=O) groups is 2. The van der Waals surface area contributed by atoms with Crippen molar-refractivity contribution >= 4 is 11.9 Å². The number of carboxylic acids is 1. The van der Waals surface area contributed by atoms with Crippen LogP contribution in [0.15, 0.2) is 0 Å². The van der Waals surface area contributed by atoms with E-state index in [9.17, 15) is 9.59 Å². The van der Waals surface area contributed by atoms with E-state index in [-0.39, 0.29) is 12.6 Å². The van der Waals surface area contributed by atoms with Crippen molar-refractivity contribution in [3.8, 4) is 0 Å². The Morgan fingerprint density at radius 2 is 1.62 bits per heavy atom. The number of hydrogen-bond donors (Lipinski definition) is 1. The third-order valence-corrected chi connectivity index (χ3v) is 1.17. The Labute approximate surface area is 95.5 Å². The molecule has 0 aliphatic heterocycles. The summed E-state index contributed by atoms with van der Waals surface area (Å²) in [5, 5.41) is 7.92. The second-order valence-electron chi connectivity index (χ2n) is 2.57. The van der Waals surface area contributed by atoms with E-state index in [1.807, 2.05) is 6.92 Å². The van der Waals surface area contributed by atoms with E-state index in [0.717, 1.165) is 0 Å². The number of aliphatic carboxylic acids is 1. The van der Waals surface area contributed by atoms with Crippen molar-refractivity contribution < 1.29 is 28.9 Å². The van der Waals surface area contributed by atoms with E-state index < -0.39 is 5.97 Å². The molecule has 0 fully saturated rings. The molecular formula is C10H20O6. The van der Waals surface area contributed by atoms with Gasteiger partial charge in [-0.1, -0.05) is 0 Å². The summed E-state index contributed by atoms with van der Waals surface area (Å²) in [6, 6.07) is 0. The summed E-state index contributed by atoms with van der Waals surface area (Å²) in [6.07, 6.45) is 0. The molecule has 0 saturated carbocycles. The minimum absolute atomic E-state index is 0.184. The molecule has 0 atom stereocenters. The van der Waals surface area contributed by atoms with Gasteiger partial charge in [-0.3, -0.25) is 4.79 Å². The SMILES string of the molecule is CCOCC(=O)O.CCOCCOC(C)=O. The van der Waals surface area contributed by atoms with Gasteiger partial charge in [0.15, 0.2) is 0 Å². The summed E-state index contributed by atoms with van der Waals surface area (Å²) in [5.41, 5.74) is 0. The van der Waals surface area contributed by atoms with Gasteiger partial charge in [-0.2, -0.15) is 0 Å². The summed E-state index contributed by atoms with van der Waals surface area (Å²) >= 11 is 0. The molecule has 0 aliphatic carbocycles. The van der Waals surface area contributed by atoms with Crippen molar-refractivity contribution in [3.05, 3.63) is 0 Å². The van der Waals surface area contributed by atoms with Crippen LogP contribution in [0.25, 0.3) is 0 Å². The molecule has 0 unspecified atom stereocenters. The van der Waals surface area contributed by atoms with E-state index in [4.69, 9.17) is 9.84 Å². The molecule has 6 nitrogen and oxygen atoms in total. The molecule has 0 spiro atoms. The van der Waals surface area contributed by atoms with E-state index in [0.29, 0.717) is 26.4 Å². The fourth-order valence-corrected chi connectivity index (χ4v) is 0.578. The fraction of sp³-hybridized carbons (Fsp3) is 0.800. The smallest absolute Gasteiger partial charge is 0.329 e. The molecule has 0 bridgehead atoms. The molecule has 0 saturated heterocycles. The number of ether oxygens (including phenoxy) is 3. The average molecular weight is 236 g/mol. The second kappa shape index (κ2) is 13.9. The molecule has 0 aliphatic rings. The lowest BCUT2D eigenvalue weighted by Crippen LogP contribution is -2.06. The Morgan fingerprint density at radius 3 is 1.94 bits per heavy atom. The number of carboxylic acid groups (broad SMARTS) is 1. The summed E-state index contributed by atoms with van der Waals surface area (Å²) < 4.78 is 14.0. The maximum Gasteiger partial charge on any atom is 0.329 e. The van der Waals surface area contributed by atoms with Crippen LogP contribution in [0.3, 0.4) is 0 Å². The first-order valence-corrected chi connectivity index (χ1v) is 5.05. The van der Waals surface area contributed by atoms with E-state index in [2.05, 4.69) is 9.47 Å². The Morgan fingerprint density at radius 1 is 1.06 bits per heavy atom. The third-order valence-electron chi connectivity index (χ3n) is 1.17. The van der Waals surface area contributed by atoms with Gasteiger partial charge in [0, 0.05) is 20.1 Å². The lowest BCUT2D eigenvalue weighted by Gasteiger charge is -1.99. The van der Waals surface area contributed by atoms with Gasteiger partial charge < -0.3 is 19.3 Å². The van der Waals surface area contributed by atoms with Gasteiger partial charge in [0.1, 0.15) is 13.2 Å². The number of rotatable bonds is 7. The standard InChI is InChI=1S/C6H12O3.C4H8O3/c1-3-8-4-5-9-6(2)7;1-2-7-3-4(5)6/h3-5H2,1-2H3;2-3H2,1H3,(H,5,6). The highest BCUT2D eigenvalue weighted by Gasteiger charge is 1.90. The Hall–Kier alpha value is -1.14. The molecule has 0 amide bonds. The zero-order valence-electron chi connectivity index (χ0n) is 10.0. The Balaban J connectivity index is 0. The van der Waals surface area contributed by atoms with Gasteiger partial charge >= 0.3 is 11.9 Å². The summed E-state index contributed by atoms with van der Waals surface area (Å²) in [6.45, 7) is 6.84. The average Bonchev–Trinajstić information content (AvgIpc) is 2.22. The van der Waals surface area contributed by atoms with E-state index in [1.165, 1.54) is 6.92 Å². The van der Waals surface area contributed by atoms with Gasteiger partial charge in [0.05, 0.1) is 6.61 Å². The Bertz CT molecular complexity index is 180. The van der Waals surface area contributed by atoms with Crippen molar-refractivity contribution in [2.75, 3.05) is 33.0 Å². The van der Waals surface area contributed by atoms with Crippen LogP contribution >= 0.6 is 0 Å². The van der Waals surface area contributed by atoms with Crippen molar-refractivity contribution in [1.29, 1.82) is 0 Å². The predicted molar refractivity (Wildman–Crippen MR) is 57.3 cm³/mol. The van der Waals surface area contributed by atoms with Crippen LogP contribution in [-0.4, -0.2) is 50.1 Å². The molecule has 96 valence electrons. The lowest BCUT2D eigenvalue weighted by molar-refractivity contribution is -0.143. The molecule has 0 radical (unpaired) electrons. The topological polar surface area (TPSA) is 82.1 Å². The zero-order valence-corrected chi connectivity index (χ0v) is 10.0. The summed E-state index contributed by atoms with van der Waals surface area (Å²) in [4.78, 5) is 19.8. The van der Waals surface area contributed by atoms with Gasteiger partial charge in [-0.25, -0.2) is 4.79 Å². The number of hydrogen-bond acceptors (Lipinski definition) is 5. The van der Waals surface area contributed by atoms with Crippen molar-refractivity contribution in [2.24, 2.45) is 0 Å². The van der Waals surface area contributed by atoms with Crippen LogP contribution in [0, 0.1) is 0 Å². The first kappa shape index (κ1) is 17.3. The molecule has 0 aromatic heterocycles. The highest BCUT2D eigenvalue weighted by atomic mass is 16.6. The second-order valence-corrected chi connectivity index (χ2v) is 2.57. The zero-order chi connectivity index (χ0) is 12.8. The third kappa shape index (κ3) is 23.0. The highest BCUT2D eigenvalue weighted by molar-refractivity contribution is 5.67. The predicted octanol–water partition coefficient (Wildman–Crippen LogP) is 0.694. The van der Waals surface area contributed by atoms with E-state index >= 15 is 0 Å². The number of esters is 1. The molecule has 0 aromatic carbocycles. The molecule has 0 heterocycles. The van der Waals surface area contributed by atoms with Gasteiger partial charge in [-0.15, -0.1) is 0 Å². The van der Waals surface area contributed by atoms with Gasteiger partial charge in [0.2, 0.25) is 0 Å². The molecule has 16 heavy (non-hydrogen) atoms. The van der Waals surface area contributed by atoms with Gasteiger partial charge in [-0.05, 0) is 13.8 Å². The fourth-order valence-electron chi connectivity index (χ4n) is 0.578. The normalized spacial score (nSPS) is 8.94. The molecule has 0 aromatic rings. The van der Waals surface area contributed by atoms with Crippen LogP contribution in [0.1, 0.15) is 20.8 Å². The first-order valence-electron chi connectivity index (χ1n) is 5.05. The van der Waals surface area contributed by atoms with Crippen LogP contribution < -0.4 is 0 Å². The van der Waals surface area contributed by atoms with Gasteiger partial charge in [0.25, 0.3) is 0 Å². The minimum Gasteiger partial charge on any atom is -0.480 e. The highest BCUT2D eigenvalue weighted by Crippen LogP contribution is 1.77. The quantitative estimate of drug-likeness (QED) is 0.517. The minimum atomic E-state index is -0.915.